The summed E-state index contributed by atoms with van der Waals surface area (Å²) in [7, 11) is 1.71. The molecule has 0 N–H and O–H groups in total. The average Bonchev–Trinajstić information content (AvgIpc) is 2.16. The minimum atomic E-state index is 0.959. The molecule has 0 aromatic heterocycles. The van der Waals surface area contributed by atoms with Gasteiger partial charge in [-0.3, -0.25) is 0 Å². The lowest BCUT2D eigenvalue weighted by Gasteiger charge is -2.06. The van der Waals surface area contributed by atoms with Gasteiger partial charge in [-0.25, -0.2) is 0 Å². The van der Waals surface area contributed by atoms with E-state index in [9.17, 15) is 0 Å². The van der Waals surface area contributed by atoms with Crippen molar-refractivity contribution in [3.05, 3.63) is 29.3 Å². The molecule has 0 spiro atoms. The van der Waals surface area contributed by atoms with Crippen LogP contribution < -0.4 is 4.74 Å². The molecule has 0 bridgehead atoms. The number of hydrogen-bond donors (Lipinski definition) is 0. The van der Waals surface area contributed by atoms with Crippen LogP contribution in [0.4, 0.5) is 0 Å². The summed E-state index contributed by atoms with van der Waals surface area (Å²) in [5, 5.41) is 0. The van der Waals surface area contributed by atoms with Crippen LogP contribution in [0.1, 0.15) is 18.1 Å². The minimum Gasteiger partial charge on any atom is -0.497 e. The third kappa shape index (κ3) is 2.12. The van der Waals surface area contributed by atoms with Gasteiger partial charge < -0.3 is 4.74 Å². The molecule has 1 aromatic carbocycles. The van der Waals surface area contributed by atoms with Crippen molar-refractivity contribution in [2.45, 2.75) is 17.8 Å². The van der Waals surface area contributed by atoms with Crippen LogP contribution in [0.5, 0.6) is 5.75 Å². The number of hydrogen-bond acceptors (Lipinski definition) is 1. The van der Waals surface area contributed by atoms with Gasteiger partial charge in [0.2, 0.25) is 0 Å². The van der Waals surface area contributed by atoms with Gasteiger partial charge in [-0.1, -0.05) is 35.6 Å². The summed E-state index contributed by atoms with van der Waals surface area (Å²) in [5.74, 6) is 0.959. The molecule has 1 rings (SSSR count). The van der Waals surface area contributed by atoms with Gasteiger partial charge in [-0.05, 0) is 29.7 Å². The number of ether oxygens (including phenoxy) is 1. The van der Waals surface area contributed by atoms with Crippen molar-refractivity contribution in [1.82, 2.24) is 0 Å². The Labute approximate surface area is 87.3 Å². The van der Waals surface area contributed by atoms with E-state index in [1.54, 1.807) is 7.11 Å². The van der Waals surface area contributed by atoms with Gasteiger partial charge in [-0.2, -0.15) is 0 Å². The topological polar surface area (TPSA) is 9.23 Å². The molecule has 1 nitrogen and oxygen atoms in total. The lowest BCUT2D eigenvalue weighted by molar-refractivity contribution is 0.414. The van der Waals surface area contributed by atoms with E-state index in [1.165, 1.54) is 11.1 Å². The first kappa shape index (κ1) is 9.84. The predicted octanol–water partition coefficient (Wildman–Crippen LogP) is 3.19. The predicted molar refractivity (Wildman–Crippen MR) is 60.1 cm³/mol. The Kier molecular flexibility index (Phi) is 3.85. The quantitative estimate of drug-likeness (QED) is 0.608. The SMILES string of the molecule is CCc1cc(OC)ccc1CI. The number of benzene rings is 1. The molecule has 0 saturated carbocycles. The Bertz CT molecular complexity index is 258. The number of aryl methyl sites for hydroxylation is 1. The maximum absolute atomic E-state index is 5.15. The van der Waals surface area contributed by atoms with Gasteiger partial charge in [0, 0.05) is 4.43 Å². The Hall–Kier alpha value is -0.250. The minimum absolute atomic E-state index is 0.959. The Morgan fingerprint density at radius 2 is 2.08 bits per heavy atom. The molecular weight excluding hydrogens is 263 g/mol. The zero-order chi connectivity index (χ0) is 8.97. The van der Waals surface area contributed by atoms with E-state index in [-0.39, 0.29) is 0 Å². The number of halogens is 1. The second-order valence-corrected chi connectivity index (χ2v) is 3.38. The molecule has 0 aliphatic rings. The van der Waals surface area contributed by atoms with Gasteiger partial charge in [0.25, 0.3) is 0 Å². The van der Waals surface area contributed by atoms with E-state index < -0.39 is 0 Å². The highest BCUT2D eigenvalue weighted by Crippen LogP contribution is 2.20. The van der Waals surface area contributed by atoms with Crippen molar-refractivity contribution >= 4 is 22.6 Å². The van der Waals surface area contributed by atoms with Crippen molar-refractivity contribution < 1.29 is 4.74 Å². The summed E-state index contributed by atoms with van der Waals surface area (Å²) in [6, 6.07) is 6.28. The maximum atomic E-state index is 5.15. The molecular formula is C10H13IO. The smallest absolute Gasteiger partial charge is 0.119 e. The highest BCUT2D eigenvalue weighted by Gasteiger charge is 2.00. The van der Waals surface area contributed by atoms with Crippen LogP contribution in [-0.2, 0) is 10.8 Å². The van der Waals surface area contributed by atoms with Crippen LogP contribution in [-0.4, -0.2) is 7.11 Å². The second-order valence-electron chi connectivity index (χ2n) is 2.62. The zero-order valence-electron chi connectivity index (χ0n) is 7.43. The van der Waals surface area contributed by atoms with E-state index in [2.05, 4.69) is 41.6 Å². The first-order valence-corrected chi connectivity index (χ1v) is 5.56. The summed E-state index contributed by atoms with van der Waals surface area (Å²) in [6.07, 6.45) is 1.08. The fourth-order valence-electron chi connectivity index (χ4n) is 1.19. The number of alkyl halides is 1. The van der Waals surface area contributed by atoms with E-state index in [4.69, 9.17) is 4.74 Å². The fourth-order valence-corrected chi connectivity index (χ4v) is 1.93. The monoisotopic (exact) mass is 276 g/mol. The van der Waals surface area contributed by atoms with Gasteiger partial charge >= 0.3 is 0 Å². The molecule has 0 atom stereocenters. The van der Waals surface area contributed by atoms with Gasteiger partial charge in [0.1, 0.15) is 5.75 Å². The van der Waals surface area contributed by atoms with E-state index in [1.807, 2.05) is 6.07 Å². The Morgan fingerprint density at radius 1 is 1.33 bits per heavy atom. The van der Waals surface area contributed by atoms with Gasteiger partial charge in [0.15, 0.2) is 0 Å². The van der Waals surface area contributed by atoms with Crippen LogP contribution in [0, 0.1) is 0 Å². The molecule has 0 aliphatic carbocycles. The van der Waals surface area contributed by atoms with Crippen molar-refractivity contribution in [3.8, 4) is 5.75 Å². The molecule has 1 aromatic rings. The second kappa shape index (κ2) is 4.70. The molecule has 0 fully saturated rings. The molecule has 0 heterocycles. The van der Waals surface area contributed by atoms with Crippen LogP contribution in [0.2, 0.25) is 0 Å². The highest BCUT2D eigenvalue weighted by atomic mass is 127. The van der Waals surface area contributed by atoms with E-state index >= 15 is 0 Å². The van der Waals surface area contributed by atoms with Gasteiger partial charge in [-0.15, -0.1) is 0 Å². The summed E-state index contributed by atoms with van der Waals surface area (Å²) in [5.41, 5.74) is 2.81. The summed E-state index contributed by atoms with van der Waals surface area (Å²) in [6.45, 7) is 2.17. The van der Waals surface area contributed by atoms with Crippen LogP contribution in [0.3, 0.4) is 0 Å². The van der Waals surface area contributed by atoms with Crippen LogP contribution >= 0.6 is 22.6 Å². The molecule has 66 valence electrons. The molecule has 2 heteroatoms. The van der Waals surface area contributed by atoms with E-state index in [0.717, 1.165) is 16.6 Å². The molecule has 0 amide bonds. The molecule has 0 radical (unpaired) electrons. The largest absolute Gasteiger partial charge is 0.497 e. The first-order valence-electron chi connectivity index (χ1n) is 4.03. The maximum Gasteiger partial charge on any atom is 0.119 e. The molecule has 12 heavy (non-hydrogen) atoms. The number of rotatable bonds is 3. The lowest BCUT2D eigenvalue weighted by Crippen LogP contribution is -1.91. The normalized spacial score (nSPS) is 9.92. The molecule has 0 aliphatic heterocycles. The van der Waals surface area contributed by atoms with Crippen molar-refractivity contribution in [3.63, 3.8) is 0 Å². The number of methoxy groups -OCH3 is 1. The van der Waals surface area contributed by atoms with Crippen LogP contribution in [0.15, 0.2) is 18.2 Å². The fraction of sp³-hybridized carbons (Fsp3) is 0.400. The van der Waals surface area contributed by atoms with Crippen molar-refractivity contribution in [2.75, 3.05) is 7.11 Å². The summed E-state index contributed by atoms with van der Waals surface area (Å²) < 4.78 is 6.23. The Balaban J connectivity index is 3.02. The third-order valence-electron chi connectivity index (χ3n) is 1.94. The Morgan fingerprint density at radius 3 is 2.58 bits per heavy atom. The highest BCUT2D eigenvalue weighted by molar-refractivity contribution is 14.1. The first-order chi connectivity index (χ1) is 5.81. The van der Waals surface area contributed by atoms with Crippen molar-refractivity contribution in [2.24, 2.45) is 0 Å². The summed E-state index contributed by atoms with van der Waals surface area (Å²) in [4.78, 5) is 0. The van der Waals surface area contributed by atoms with E-state index in [0.29, 0.717) is 0 Å². The standard InChI is InChI=1S/C10H13IO/c1-3-8-6-10(12-2)5-4-9(8)7-11/h4-6H,3,7H2,1-2H3. The lowest BCUT2D eigenvalue weighted by atomic mass is 10.1. The zero-order valence-corrected chi connectivity index (χ0v) is 9.59. The summed E-state index contributed by atoms with van der Waals surface area (Å²) >= 11 is 2.39. The van der Waals surface area contributed by atoms with Gasteiger partial charge in [0.05, 0.1) is 7.11 Å². The molecule has 0 unspecified atom stereocenters. The average molecular weight is 276 g/mol. The third-order valence-corrected chi connectivity index (χ3v) is 2.76. The molecule has 0 saturated heterocycles. The van der Waals surface area contributed by atoms with Crippen LogP contribution in [0.25, 0.3) is 0 Å². The van der Waals surface area contributed by atoms with Crippen molar-refractivity contribution in [1.29, 1.82) is 0 Å².